The maximum Gasteiger partial charge on any atom is 0.351 e. The molecule has 0 radical (unpaired) electrons. The molecular formula is C53H67FO3S6. The van der Waals surface area contributed by atoms with Crippen molar-refractivity contribution in [3.8, 4) is 30.6 Å². The van der Waals surface area contributed by atoms with Crippen LogP contribution in [0.5, 0.6) is 0 Å². The molecule has 2 unspecified atom stereocenters. The fourth-order valence-electron chi connectivity index (χ4n) is 8.64. The zero-order chi connectivity index (χ0) is 45.2. The Labute approximate surface area is 400 Å². The first kappa shape index (κ1) is 48.5. The smallest absolute Gasteiger partial charge is 0.351 e. The van der Waals surface area contributed by atoms with Gasteiger partial charge in [-0.3, -0.25) is 0 Å². The van der Waals surface area contributed by atoms with E-state index in [1.54, 1.807) is 11.3 Å². The van der Waals surface area contributed by atoms with Crippen molar-refractivity contribution in [3.63, 3.8) is 0 Å². The predicted molar refractivity (Wildman–Crippen MR) is 281 cm³/mol. The van der Waals surface area contributed by atoms with Gasteiger partial charge in [-0.05, 0) is 78.8 Å². The van der Waals surface area contributed by atoms with Gasteiger partial charge in [0.2, 0.25) is 0 Å². The van der Waals surface area contributed by atoms with Crippen molar-refractivity contribution in [1.29, 1.82) is 0 Å². The van der Waals surface area contributed by atoms with Crippen LogP contribution in [-0.4, -0.2) is 25.8 Å². The molecule has 0 N–H and O–H groups in total. The number of halogens is 1. The summed E-state index contributed by atoms with van der Waals surface area (Å²) in [6.07, 6.45) is 12.2. The molecule has 63 heavy (non-hydrogen) atoms. The normalized spacial score (nSPS) is 13.6. The maximum absolute atomic E-state index is 16.7. The Morgan fingerprint density at radius 1 is 0.651 bits per heavy atom. The third-order valence-corrected chi connectivity index (χ3v) is 20.4. The number of esters is 1. The summed E-state index contributed by atoms with van der Waals surface area (Å²) < 4.78 is 31.1. The molecule has 1 aromatic carbocycles. The molecule has 0 aliphatic heterocycles. The number of thiophene rings is 6. The minimum Gasteiger partial charge on any atom is -0.459 e. The minimum atomic E-state index is -0.623. The topological polar surface area (TPSA) is 35.5 Å². The van der Waals surface area contributed by atoms with Crippen LogP contribution in [0.3, 0.4) is 0 Å². The van der Waals surface area contributed by atoms with Gasteiger partial charge in [0.1, 0.15) is 11.5 Å². The molecule has 0 fully saturated rings. The summed E-state index contributed by atoms with van der Waals surface area (Å²) in [4.78, 5) is 23.5. The van der Waals surface area contributed by atoms with Crippen LogP contribution in [0.25, 0.3) is 60.9 Å². The first-order valence-corrected chi connectivity index (χ1v) is 28.2. The van der Waals surface area contributed by atoms with Crippen molar-refractivity contribution in [2.75, 3.05) is 19.8 Å². The molecule has 0 aliphatic rings. The molecule has 0 saturated heterocycles. The number of rotatable bonds is 20. The van der Waals surface area contributed by atoms with Gasteiger partial charge in [0.25, 0.3) is 0 Å². The molecule has 0 spiro atoms. The van der Waals surface area contributed by atoms with Gasteiger partial charge in [0.05, 0.1) is 16.2 Å². The van der Waals surface area contributed by atoms with Crippen LogP contribution in [0.2, 0.25) is 0 Å². The van der Waals surface area contributed by atoms with E-state index < -0.39 is 11.8 Å². The Bertz CT molecular complexity index is 2530. The van der Waals surface area contributed by atoms with E-state index >= 15 is 4.39 Å². The Balaban J connectivity index is 1.48. The number of ether oxygens (including phenoxy) is 2. The molecule has 0 amide bonds. The third-order valence-electron chi connectivity index (χ3n) is 12.3. The summed E-state index contributed by atoms with van der Waals surface area (Å²) >= 11 is 10.7. The molecule has 7 aromatic rings. The molecule has 10 heteroatoms. The highest BCUT2D eigenvalue weighted by Crippen LogP contribution is 2.57. The average molecular weight is 964 g/mol. The van der Waals surface area contributed by atoms with Gasteiger partial charge in [0, 0.05) is 77.4 Å². The number of carbonyl (C=O) groups is 1. The Morgan fingerprint density at radius 3 is 1.75 bits per heavy atom. The Hall–Kier alpha value is -2.44. The molecule has 0 saturated carbocycles. The lowest BCUT2D eigenvalue weighted by Gasteiger charge is -2.16. The lowest BCUT2D eigenvalue weighted by molar-refractivity contribution is 0.0336. The number of benzene rings is 1. The van der Waals surface area contributed by atoms with E-state index in [9.17, 15) is 4.79 Å². The number of hydrogen-bond donors (Lipinski definition) is 0. The van der Waals surface area contributed by atoms with Crippen molar-refractivity contribution in [2.24, 2.45) is 11.8 Å². The van der Waals surface area contributed by atoms with E-state index in [-0.39, 0.29) is 28.9 Å². The van der Waals surface area contributed by atoms with Gasteiger partial charge in [-0.25, -0.2) is 9.18 Å². The third kappa shape index (κ3) is 10.4. The van der Waals surface area contributed by atoms with Gasteiger partial charge in [-0.2, -0.15) is 0 Å². The predicted octanol–water partition coefficient (Wildman–Crippen LogP) is 19.0. The van der Waals surface area contributed by atoms with Crippen LogP contribution >= 0.6 is 68.0 Å². The van der Waals surface area contributed by atoms with Crippen molar-refractivity contribution in [1.82, 2.24) is 0 Å². The molecule has 6 heterocycles. The Morgan fingerprint density at radius 2 is 1.22 bits per heavy atom. The van der Waals surface area contributed by atoms with Gasteiger partial charge >= 0.3 is 5.97 Å². The molecule has 7 rings (SSSR count). The zero-order valence-corrected chi connectivity index (χ0v) is 44.3. The summed E-state index contributed by atoms with van der Waals surface area (Å²) in [5, 5.41) is 3.16. The quantitative estimate of drug-likeness (QED) is 0.0564. The summed E-state index contributed by atoms with van der Waals surface area (Å²) in [5.41, 5.74) is 2.31. The van der Waals surface area contributed by atoms with Crippen LogP contribution < -0.4 is 0 Å². The highest BCUT2D eigenvalue weighted by molar-refractivity contribution is 7.32. The first-order valence-electron chi connectivity index (χ1n) is 23.3. The molecule has 2 atom stereocenters. The van der Waals surface area contributed by atoms with Crippen LogP contribution in [-0.2, 0) is 33.1 Å². The van der Waals surface area contributed by atoms with Gasteiger partial charge in [-0.1, -0.05) is 121 Å². The van der Waals surface area contributed by atoms with Gasteiger partial charge in [0.15, 0.2) is 5.82 Å². The van der Waals surface area contributed by atoms with E-state index in [0.29, 0.717) is 23.8 Å². The average Bonchev–Trinajstić information content (AvgIpc) is 4.10. The fraction of sp³-hybridized carbons (Fsp3) is 0.528. The highest BCUT2D eigenvalue weighted by atomic mass is 32.1. The number of hydrogen-bond acceptors (Lipinski definition) is 9. The number of fused-ring (bicyclic) bond motifs is 3. The second-order valence-corrected chi connectivity index (χ2v) is 25.8. The molecule has 6 aromatic heterocycles. The maximum atomic E-state index is 16.7. The zero-order valence-electron chi connectivity index (χ0n) is 39.4. The van der Waals surface area contributed by atoms with Crippen molar-refractivity contribution >= 4 is 104 Å². The van der Waals surface area contributed by atoms with Gasteiger partial charge < -0.3 is 9.47 Å². The second-order valence-electron chi connectivity index (χ2n) is 19.3. The largest absolute Gasteiger partial charge is 0.459 e. The SMILES string of the molecule is CCCCC(CC)Cc1ccc(-c2c3cc(C(C)(C)C)sc3c(-c3ccc(CC(CC)CCCC)s3)c3cc(-c4sc(C(C)(C)C)c5c(F)c(C(=O)OCCOCC)sc45)sc23)s1. The minimum absolute atomic E-state index is 0.00363. The molecule has 3 nitrogen and oxygen atoms in total. The standard InChI is InChI=1S/C53H67FO3S6/c1-12-17-19-31(14-3)27-33-21-23-37(58-33)41-35-29-39(47-48-43(50(63-47)53(9,10)11)44(54)49(62-48)51(55)57-26-25-56-16-5)60-45(35)42(36-30-40(52(6,7)8)61-46(36)41)38-24-22-34(59-38)28-32(15-4)20-18-13-2/h21-24,29-32H,12-20,25-28H2,1-11H3. The fourth-order valence-corrected chi connectivity index (χ4v) is 16.4. The molecule has 0 bridgehead atoms. The number of unbranched alkanes of at least 4 members (excludes halogenated alkanes) is 2. The van der Waals surface area contributed by atoms with E-state index in [1.165, 1.54) is 118 Å². The molecule has 340 valence electrons. The van der Waals surface area contributed by atoms with E-state index in [1.807, 2.05) is 52.3 Å². The Kier molecular flexibility index (Phi) is 15.9. The summed E-state index contributed by atoms with van der Waals surface area (Å²) in [7, 11) is 0. The summed E-state index contributed by atoms with van der Waals surface area (Å²) in [6, 6.07) is 14.5. The van der Waals surface area contributed by atoms with Gasteiger partial charge in [-0.15, -0.1) is 68.0 Å². The van der Waals surface area contributed by atoms with E-state index in [0.717, 1.165) is 32.2 Å². The second kappa shape index (κ2) is 20.6. The van der Waals surface area contributed by atoms with Crippen molar-refractivity contribution in [3.05, 3.63) is 66.6 Å². The summed E-state index contributed by atoms with van der Waals surface area (Å²) in [5.74, 6) is 0.299. The first-order chi connectivity index (χ1) is 30.1. The van der Waals surface area contributed by atoms with Crippen LogP contribution in [0.15, 0.2) is 36.4 Å². The lowest BCUT2D eigenvalue weighted by atomic mass is 9.92. The summed E-state index contributed by atoms with van der Waals surface area (Å²) in [6.45, 7) is 25.5. The molecule has 0 aliphatic carbocycles. The van der Waals surface area contributed by atoms with E-state index in [2.05, 4.69) is 106 Å². The van der Waals surface area contributed by atoms with Crippen molar-refractivity contribution < 1.29 is 18.7 Å². The highest BCUT2D eigenvalue weighted by Gasteiger charge is 2.33. The van der Waals surface area contributed by atoms with Crippen LogP contribution in [0.4, 0.5) is 4.39 Å². The monoisotopic (exact) mass is 962 g/mol. The number of carbonyl (C=O) groups excluding carboxylic acids is 1. The van der Waals surface area contributed by atoms with Crippen LogP contribution in [0, 0.1) is 17.7 Å². The van der Waals surface area contributed by atoms with E-state index in [4.69, 9.17) is 9.47 Å². The van der Waals surface area contributed by atoms with Crippen molar-refractivity contribution in [2.45, 2.75) is 151 Å². The molecular weight excluding hydrogens is 896 g/mol. The van der Waals surface area contributed by atoms with Crippen LogP contribution in [0.1, 0.15) is 157 Å². The lowest BCUT2D eigenvalue weighted by Crippen LogP contribution is -2.11.